The van der Waals surface area contributed by atoms with E-state index in [1.807, 2.05) is 13.8 Å². The van der Waals surface area contributed by atoms with Gasteiger partial charge < -0.3 is 10.4 Å². The fraction of sp³-hybridized carbons (Fsp3) is 0.625. The molecule has 0 saturated carbocycles. The fourth-order valence-electron chi connectivity index (χ4n) is 2.79. The second kappa shape index (κ2) is 5.85. The molecule has 2 nitrogen and oxygen atoms in total. The van der Waals surface area contributed by atoms with E-state index in [1.165, 1.54) is 24.0 Å². The number of aliphatic hydroxyl groups is 1. The third kappa shape index (κ3) is 4.11. The minimum absolute atomic E-state index is 0.621. The maximum Gasteiger partial charge on any atom is 0.0632 e. The summed E-state index contributed by atoms with van der Waals surface area (Å²) in [5.41, 5.74) is 2.11. The van der Waals surface area contributed by atoms with Crippen LogP contribution < -0.4 is 5.32 Å². The largest absolute Gasteiger partial charge is 0.390 e. The smallest absolute Gasteiger partial charge is 0.0632 e. The van der Waals surface area contributed by atoms with Crippen LogP contribution >= 0.6 is 0 Å². The first-order valence-corrected chi connectivity index (χ1v) is 7.04. The Labute approximate surface area is 110 Å². The highest BCUT2D eigenvalue weighted by atomic mass is 16.3. The lowest BCUT2D eigenvalue weighted by atomic mass is 9.86. The minimum atomic E-state index is -0.621. The van der Waals surface area contributed by atoms with Crippen LogP contribution in [0.3, 0.4) is 0 Å². The number of hydrogen-bond donors (Lipinski definition) is 2. The maximum atomic E-state index is 9.99. The summed E-state index contributed by atoms with van der Waals surface area (Å²) in [5.74, 6) is 0.800. The molecule has 0 spiro atoms. The van der Waals surface area contributed by atoms with Gasteiger partial charge in [-0.3, -0.25) is 0 Å². The molecule has 0 radical (unpaired) electrons. The zero-order valence-corrected chi connectivity index (χ0v) is 11.6. The summed E-state index contributed by atoms with van der Waals surface area (Å²) in [7, 11) is 0. The van der Waals surface area contributed by atoms with Gasteiger partial charge in [-0.05, 0) is 63.2 Å². The van der Waals surface area contributed by atoms with Crippen molar-refractivity contribution in [2.45, 2.75) is 45.1 Å². The van der Waals surface area contributed by atoms with Crippen LogP contribution in [0.4, 0.5) is 0 Å². The molecule has 2 N–H and O–H groups in total. The number of benzene rings is 1. The minimum Gasteiger partial charge on any atom is -0.390 e. The zero-order chi connectivity index (χ0) is 13.0. The van der Waals surface area contributed by atoms with E-state index in [4.69, 9.17) is 0 Å². The molecule has 0 atom stereocenters. The van der Waals surface area contributed by atoms with Crippen molar-refractivity contribution in [1.29, 1.82) is 0 Å². The molecule has 2 heteroatoms. The predicted molar refractivity (Wildman–Crippen MR) is 75.7 cm³/mol. The van der Waals surface area contributed by atoms with Gasteiger partial charge in [-0.25, -0.2) is 0 Å². The van der Waals surface area contributed by atoms with Crippen LogP contribution in [0.5, 0.6) is 0 Å². The summed E-state index contributed by atoms with van der Waals surface area (Å²) >= 11 is 0. The molecule has 0 aromatic heterocycles. The van der Waals surface area contributed by atoms with Gasteiger partial charge in [0.15, 0.2) is 0 Å². The van der Waals surface area contributed by atoms with Crippen LogP contribution in [-0.2, 0) is 12.8 Å². The van der Waals surface area contributed by atoms with E-state index in [-0.39, 0.29) is 0 Å². The average Bonchev–Trinajstić information content (AvgIpc) is 2.31. The van der Waals surface area contributed by atoms with Gasteiger partial charge >= 0.3 is 0 Å². The normalized spacial score (nSPS) is 17.9. The van der Waals surface area contributed by atoms with Crippen molar-refractivity contribution in [3.63, 3.8) is 0 Å². The highest BCUT2D eigenvalue weighted by Crippen LogP contribution is 2.23. The molecule has 18 heavy (non-hydrogen) atoms. The number of rotatable bonds is 4. The highest BCUT2D eigenvalue weighted by molar-refractivity contribution is 5.28. The number of hydrogen-bond acceptors (Lipinski definition) is 2. The second-order valence-corrected chi connectivity index (χ2v) is 6.16. The van der Waals surface area contributed by atoms with Gasteiger partial charge in [0, 0.05) is 6.42 Å². The molecule has 100 valence electrons. The first-order chi connectivity index (χ1) is 8.54. The van der Waals surface area contributed by atoms with E-state index < -0.39 is 5.60 Å². The Bertz CT molecular complexity index is 375. The van der Waals surface area contributed by atoms with Gasteiger partial charge in [0.05, 0.1) is 5.60 Å². The van der Waals surface area contributed by atoms with Crippen molar-refractivity contribution in [2.75, 3.05) is 13.1 Å². The van der Waals surface area contributed by atoms with Gasteiger partial charge in [0.1, 0.15) is 0 Å². The topological polar surface area (TPSA) is 32.3 Å². The van der Waals surface area contributed by atoms with E-state index >= 15 is 0 Å². The first-order valence-electron chi connectivity index (χ1n) is 7.04. The second-order valence-electron chi connectivity index (χ2n) is 6.16. The molecule has 2 rings (SSSR count). The lowest BCUT2D eigenvalue weighted by Gasteiger charge is -2.25. The van der Waals surface area contributed by atoms with E-state index in [0.29, 0.717) is 0 Å². The summed E-state index contributed by atoms with van der Waals surface area (Å²) in [6.45, 7) is 6.07. The number of nitrogens with one attached hydrogen (secondary N) is 1. The van der Waals surface area contributed by atoms with Crippen molar-refractivity contribution in [3.05, 3.63) is 35.4 Å². The van der Waals surface area contributed by atoms with Gasteiger partial charge in [-0.1, -0.05) is 24.3 Å². The van der Waals surface area contributed by atoms with Gasteiger partial charge in [0.2, 0.25) is 0 Å². The summed E-state index contributed by atoms with van der Waals surface area (Å²) in [6, 6.07) is 8.58. The Balaban J connectivity index is 2.06. The Morgan fingerprint density at radius 3 is 2.39 bits per heavy atom. The lowest BCUT2D eigenvalue weighted by molar-refractivity contribution is 0.0807. The Morgan fingerprint density at radius 1 is 1.17 bits per heavy atom. The molecule has 0 amide bonds. The SMILES string of the molecule is CC(C)(O)Cc1ccccc1CC1CCNCC1. The van der Waals surface area contributed by atoms with Crippen LogP contribution in [0.15, 0.2) is 24.3 Å². The molecule has 1 aromatic rings. The Hall–Kier alpha value is -0.860. The van der Waals surface area contributed by atoms with Gasteiger partial charge in [-0.2, -0.15) is 0 Å². The molecular weight excluding hydrogens is 222 g/mol. The van der Waals surface area contributed by atoms with Crippen LogP contribution in [0, 0.1) is 5.92 Å². The molecule has 1 fully saturated rings. The van der Waals surface area contributed by atoms with E-state index in [0.717, 1.165) is 31.8 Å². The van der Waals surface area contributed by atoms with Crippen LogP contribution in [0.25, 0.3) is 0 Å². The van der Waals surface area contributed by atoms with Crippen molar-refractivity contribution in [2.24, 2.45) is 5.92 Å². The fourth-order valence-corrected chi connectivity index (χ4v) is 2.79. The summed E-state index contributed by atoms with van der Waals surface area (Å²) in [4.78, 5) is 0. The predicted octanol–water partition coefficient (Wildman–Crippen LogP) is 2.54. The lowest BCUT2D eigenvalue weighted by Crippen LogP contribution is -2.29. The van der Waals surface area contributed by atoms with E-state index in [2.05, 4.69) is 29.6 Å². The third-order valence-corrected chi connectivity index (χ3v) is 3.71. The summed E-state index contributed by atoms with van der Waals surface area (Å²) in [5, 5.41) is 13.4. The average molecular weight is 247 g/mol. The standard InChI is InChI=1S/C16H25NO/c1-16(2,18)12-15-6-4-3-5-14(15)11-13-7-9-17-10-8-13/h3-6,13,17-18H,7-12H2,1-2H3. The monoisotopic (exact) mass is 247 g/mol. The van der Waals surface area contributed by atoms with Crippen LogP contribution in [0.1, 0.15) is 37.8 Å². The molecule has 0 unspecified atom stereocenters. The molecule has 1 heterocycles. The molecule has 1 aliphatic rings. The van der Waals surface area contributed by atoms with Crippen molar-refractivity contribution < 1.29 is 5.11 Å². The molecule has 1 aromatic carbocycles. The summed E-state index contributed by atoms with van der Waals surface area (Å²) < 4.78 is 0. The molecule has 1 saturated heterocycles. The van der Waals surface area contributed by atoms with E-state index in [1.54, 1.807) is 0 Å². The molecule has 1 aliphatic heterocycles. The summed E-state index contributed by atoms with van der Waals surface area (Å²) in [6.07, 6.45) is 4.45. The third-order valence-electron chi connectivity index (χ3n) is 3.71. The van der Waals surface area contributed by atoms with E-state index in [9.17, 15) is 5.11 Å². The first kappa shape index (κ1) is 13.6. The van der Waals surface area contributed by atoms with Crippen molar-refractivity contribution in [1.82, 2.24) is 5.32 Å². The van der Waals surface area contributed by atoms with Crippen LogP contribution in [-0.4, -0.2) is 23.8 Å². The maximum absolute atomic E-state index is 9.99. The zero-order valence-electron chi connectivity index (χ0n) is 11.6. The molecule has 0 aliphatic carbocycles. The Kier molecular flexibility index (Phi) is 4.41. The van der Waals surface area contributed by atoms with Gasteiger partial charge in [-0.15, -0.1) is 0 Å². The molecule has 0 bridgehead atoms. The number of piperidine rings is 1. The van der Waals surface area contributed by atoms with Crippen molar-refractivity contribution in [3.8, 4) is 0 Å². The van der Waals surface area contributed by atoms with Gasteiger partial charge in [0.25, 0.3) is 0 Å². The van der Waals surface area contributed by atoms with Crippen molar-refractivity contribution >= 4 is 0 Å². The molecular formula is C16H25NO. The quantitative estimate of drug-likeness (QED) is 0.857. The Morgan fingerprint density at radius 2 is 1.78 bits per heavy atom. The van der Waals surface area contributed by atoms with Crippen LogP contribution in [0.2, 0.25) is 0 Å². The highest BCUT2D eigenvalue weighted by Gasteiger charge is 2.18.